The second-order valence-electron chi connectivity index (χ2n) is 2.28. The third-order valence-electron chi connectivity index (χ3n) is 1.49. The third kappa shape index (κ3) is 1.72. The smallest absolute Gasteiger partial charge is 0.163 e. The summed E-state index contributed by atoms with van der Waals surface area (Å²) in [7, 11) is 0. The summed E-state index contributed by atoms with van der Waals surface area (Å²) < 4.78 is 25.6. The second kappa shape index (κ2) is 3.81. The highest BCUT2D eigenvalue weighted by Crippen LogP contribution is 2.26. The van der Waals surface area contributed by atoms with Crippen molar-refractivity contribution in [1.82, 2.24) is 0 Å². The molecule has 0 fully saturated rings. The molecule has 0 N–H and O–H groups in total. The van der Waals surface area contributed by atoms with Crippen molar-refractivity contribution >= 4 is 15.9 Å². The predicted octanol–water partition coefficient (Wildman–Crippen LogP) is 3.59. The monoisotopic (exact) mass is 232 g/mol. The van der Waals surface area contributed by atoms with Crippen molar-refractivity contribution < 1.29 is 8.78 Å². The lowest BCUT2D eigenvalue weighted by Crippen LogP contribution is -1.94. The van der Waals surface area contributed by atoms with E-state index in [4.69, 9.17) is 0 Å². The maximum atomic E-state index is 13.0. The molecule has 0 saturated heterocycles. The van der Waals surface area contributed by atoms with E-state index < -0.39 is 11.6 Å². The van der Waals surface area contributed by atoms with Crippen molar-refractivity contribution in [2.45, 2.75) is 4.83 Å². The van der Waals surface area contributed by atoms with Crippen molar-refractivity contribution in [1.29, 1.82) is 0 Å². The predicted molar refractivity (Wildman–Crippen MR) is 48.2 cm³/mol. The topological polar surface area (TPSA) is 0 Å². The van der Waals surface area contributed by atoms with E-state index in [0.29, 0.717) is 0 Å². The van der Waals surface area contributed by atoms with Crippen molar-refractivity contribution in [3.8, 4) is 0 Å². The molecule has 1 aromatic rings. The van der Waals surface area contributed by atoms with E-state index in [1.54, 1.807) is 0 Å². The molecule has 0 amide bonds. The average Bonchev–Trinajstić information content (AvgIpc) is 2.08. The van der Waals surface area contributed by atoms with Crippen LogP contribution in [0.4, 0.5) is 8.78 Å². The summed E-state index contributed by atoms with van der Waals surface area (Å²) in [6.45, 7) is 3.47. The van der Waals surface area contributed by atoms with Gasteiger partial charge >= 0.3 is 0 Å². The summed E-state index contributed by atoms with van der Waals surface area (Å²) in [5.74, 6) is -1.65. The van der Waals surface area contributed by atoms with E-state index in [1.165, 1.54) is 18.2 Å². The summed E-state index contributed by atoms with van der Waals surface area (Å²) in [5, 5.41) is 0. The average molecular weight is 233 g/mol. The van der Waals surface area contributed by atoms with Crippen molar-refractivity contribution in [3.05, 3.63) is 48.1 Å². The Morgan fingerprint density at radius 1 is 1.42 bits per heavy atom. The first-order valence-electron chi connectivity index (χ1n) is 3.37. The minimum atomic E-state index is -0.834. The summed E-state index contributed by atoms with van der Waals surface area (Å²) in [6, 6.07) is 4.06. The highest BCUT2D eigenvalue weighted by molar-refractivity contribution is 9.09. The first kappa shape index (κ1) is 9.39. The number of benzene rings is 1. The Morgan fingerprint density at radius 2 is 2.08 bits per heavy atom. The van der Waals surface area contributed by atoms with Gasteiger partial charge in [0.05, 0.1) is 4.83 Å². The fraction of sp³-hybridized carbons (Fsp3) is 0.111. The maximum Gasteiger partial charge on any atom is 0.163 e. The molecule has 3 heteroatoms. The molecule has 1 rings (SSSR count). The van der Waals surface area contributed by atoms with Gasteiger partial charge in [0, 0.05) is 5.56 Å². The maximum absolute atomic E-state index is 13.0. The van der Waals surface area contributed by atoms with E-state index in [-0.39, 0.29) is 10.4 Å². The molecule has 0 bridgehead atoms. The Morgan fingerprint density at radius 3 is 2.67 bits per heavy atom. The number of allylic oxidation sites excluding steroid dienone is 1. The summed E-state index contributed by atoms with van der Waals surface area (Å²) >= 11 is 3.15. The van der Waals surface area contributed by atoms with E-state index in [2.05, 4.69) is 22.5 Å². The van der Waals surface area contributed by atoms with Gasteiger partial charge < -0.3 is 0 Å². The lowest BCUT2D eigenvalue weighted by atomic mass is 10.1. The molecule has 0 nitrogen and oxygen atoms in total. The minimum absolute atomic E-state index is 0.269. The number of alkyl halides is 1. The molecule has 0 spiro atoms. The summed E-state index contributed by atoms with van der Waals surface area (Å²) in [4.78, 5) is -0.340. The highest BCUT2D eigenvalue weighted by Gasteiger charge is 2.11. The van der Waals surface area contributed by atoms with E-state index in [1.807, 2.05) is 0 Å². The van der Waals surface area contributed by atoms with Gasteiger partial charge in [-0.25, -0.2) is 8.78 Å². The number of rotatable bonds is 2. The standard InChI is InChI=1S/C9H7BrF2/c1-2-7(10)6-4-3-5-8(11)9(6)12/h2-5,7H,1H2. The molecule has 1 unspecified atom stereocenters. The molecule has 0 aliphatic carbocycles. The molecular formula is C9H7BrF2. The Balaban J connectivity index is 3.15. The largest absolute Gasteiger partial charge is 0.204 e. The first-order chi connectivity index (χ1) is 5.66. The SMILES string of the molecule is C=CC(Br)c1cccc(F)c1F. The summed E-state index contributed by atoms with van der Waals surface area (Å²) in [6.07, 6.45) is 1.50. The van der Waals surface area contributed by atoms with Crippen LogP contribution in [0.1, 0.15) is 10.4 Å². The van der Waals surface area contributed by atoms with Crippen LogP contribution in [0.3, 0.4) is 0 Å². The van der Waals surface area contributed by atoms with E-state index in [0.717, 1.165) is 6.07 Å². The summed E-state index contributed by atoms with van der Waals surface area (Å²) in [5.41, 5.74) is 0.269. The van der Waals surface area contributed by atoms with Gasteiger partial charge in [0.2, 0.25) is 0 Å². The zero-order valence-corrected chi connectivity index (χ0v) is 7.81. The highest BCUT2D eigenvalue weighted by atomic mass is 79.9. The molecule has 1 aromatic carbocycles. The number of hydrogen-bond donors (Lipinski definition) is 0. The van der Waals surface area contributed by atoms with Gasteiger partial charge in [0.25, 0.3) is 0 Å². The zero-order valence-electron chi connectivity index (χ0n) is 6.23. The van der Waals surface area contributed by atoms with Crippen LogP contribution in [0, 0.1) is 11.6 Å². The quantitative estimate of drug-likeness (QED) is 0.540. The van der Waals surface area contributed by atoms with Gasteiger partial charge in [0.15, 0.2) is 11.6 Å². The fourth-order valence-electron chi connectivity index (χ4n) is 0.860. The first-order valence-corrected chi connectivity index (χ1v) is 4.29. The number of halogens is 3. The van der Waals surface area contributed by atoms with E-state index >= 15 is 0 Å². The third-order valence-corrected chi connectivity index (χ3v) is 2.35. The molecule has 0 aromatic heterocycles. The second-order valence-corrected chi connectivity index (χ2v) is 3.27. The zero-order chi connectivity index (χ0) is 9.14. The minimum Gasteiger partial charge on any atom is -0.204 e. The van der Waals surface area contributed by atoms with Crippen LogP contribution in [0.2, 0.25) is 0 Å². The van der Waals surface area contributed by atoms with Crippen molar-refractivity contribution in [2.24, 2.45) is 0 Å². The van der Waals surface area contributed by atoms with Gasteiger partial charge in [-0.2, -0.15) is 0 Å². The van der Waals surface area contributed by atoms with E-state index in [9.17, 15) is 8.78 Å². The molecule has 0 radical (unpaired) electrons. The van der Waals surface area contributed by atoms with Gasteiger partial charge in [-0.3, -0.25) is 0 Å². The van der Waals surface area contributed by atoms with Gasteiger partial charge in [-0.15, -0.1) is 6.58 Å². The van der Waals surface area contributed by atoms with Crippen LogP contribution in [0.5, 0.6) is 0 Å². The molecule has 0 heterocycles. The van der Waals surface area contributed by atoms with Crippen LogP contribution in [0.25, 0.3) is 0 Å². The van der Waals surface area contributed by atoms with Crippen LogP contribution in [0.15, 0.2) is 30.9 Å². The van der Waals surface area contributed by atoms with Crippen LogP contribution in [-0.2, 0) is 0 Å². The van der Waals surface area contributed by atoms with Gasteiger partial charge in [0.1, 0.15) is 0 Å². The molecule has 12 heavy (non-hydrogen) atoms. The van der Waals surface area contributed by atoms with Crippen molar-refractivity contribution in [2.75, 3.05) is 0 Å². The van der Waals surface area contributed by atoms with Crippen LogP contribution < -0.4 is 0 Å². The molecular weight excluding hydrogens is 226 g/mol. The Labute approximate surface area is 78.0 Å². The van der Waals surface area contributed by atoms with Gasteiger partial charge in [-0.05, 0) is 6.07 Å². The Hall–Kier alpha value is -0.700. The molecule has 0 aliphatic heterocycles. The van der Waals surface area contributed by atoms with Gasteiger partial charge in [-0.1, -0.05) is 34.1 Å². The Kier molecular flexibility index (Phi) is 2.98. The normalized spacial score (nSPS) is 12.6. The number of hydrogen-bond acceptors (Lipinski definition) is 0. The van der Waals surface area contributed by atoms with Crippen LogP contribution in [-0.4, -0.2) is 0 Å². The molecule has 1 atom stereocenters. The molecule has 0 saturated carbocycles. The van der Waals surface area contributed by atoms with Crippen LogP contribution >= 0.6 is 15.9 Å². The lowest BCUT2D eigenvalue weighted by Gasteiger charge is -2.05. The van der Waals surface area contributed by atoms with Crippen molar-refractivity contribution in [3.63, 3.8) is 0 Å². The Bertz CT molecular complexity index is 297. The fourth-order valence-corrected chi connectivity index (χ4v) is 1.21. The molecule has 64 valence electrons. The molecule has 0 aliphatic rings. The lowest BCUT2D eigenvalue weighted by molar-refractivity contribution is 0.501.